The number of H-pyrrole nitrogens is 1. The van der Waals surface area contributed by atoms with Gasteiger partial charge in [0.25, 0.3) is 10.0 Å². The van der Waals surface area contributed by atoms with Crippen molar-refractivity contribution < 1.29 is 8.42 Å². The van der Waals surface area contributed by atoms with Crippen molar-refractivity contribution in [2.45, 2.75) is 24.3 Å². The first-order chi connectivity index (χ1) is 10.6. The molecule has 1 atom stereocenters. The third kappa shape index (κ3) is 1.77. The SMILES string of the molecule is CC1Cc2ccccc2N1S(=O)(=O)c1c[nH]c2ncccc12. The topological polar surface area (TPSA) is 66.1 Å². The molecule has 4 rings (SSSR count). The minimum absolute atomic E-state index is 0.0935. The number of fused-ring (bicyclic) bond motifs is 2. The molecular formula is C16H15N3O2S. The second-order valence-electron chi connectivity index (χ2n) is 5.54. The maximum Gasteiger partial charge on any atom is 0.266 e. The van der Waals surface area contributed by atoms with Crippen molar-refractivity contribution in [3.63, 3.8) is 0 Å². The van der Waals surface area contributed by atoms with Crippen molar-refractivity contribution in [2.24, 2.45) is 0 Å². The molecular weight excluding hydrogens is 298 g/mol. The predicted molar refractivity (Wildman–Crippen MR) is 85.4 cm³/mol. The summed E-state index contributed by atoms with van der Waals surface area (Å²) in [6.45, 7) is 1.94. The van der Waals surface area contributed by atoms with Crippen LogP contribution in [0.1, 0.15) is 12.5 Å². The first-order valence-electron chi connectivity index (χ1n) is 7.13. The zero-order chi connectivity index (χ0) is 15.3. The highest BCUT2D eigenvalue weighted by molar-refractivity contribution is 7.93. The van der Waals surface area contributed by atoms with Gasteiger partial charge in [-0.25, -0.2) is 13.4 Å². The van der Waals surface area contributed by atoms with E-state index in [0.29, 0.717) is 11.0 Å². The molecule has 1 unspecified atom stereocenters. The summed E-state index contributed by atoms with van der Waals surface area (Å²) in [6.07, 6.45) is 3.90. The fourth-order valence-corrected chi connectivity index (χ4v) is 5.00. The quantitative estimate of drug-likeness (QED) is 0.791. The van der Waals surface area contributed by atoms with E-state index >= 15 is 0 Å². The van der Waals surface area contributed by atoms with Crippen molar-refractivity contribution in [1.29, 1.82) is 0 Å². The average molecular weight is 313 g/mol. The van der Waals surface area contributed by atoms with Crippen LogP contribution in [0.15, 0.2) is 53.7 Å². The number of anilines is 1. The molecule has 0 radical (unpaired) electrons. The van der Waals surface area contributed by atoms with Crippen LogP contribution in [0.5, 0.6) is 0 Å². The number of hydrogen-bond acceptors (Lipinski definition) is 3. The largest absolute Gasteiger partial charge is 0.345 e. The molecule has 3 aromatic rings. The van der Waals surface area contributed by atoms with Gasteiger partial charge in [0.05, 0.1) is 5.69 Å². The molecule has 0 saturated carbocycles. The molecule has 1 aromatic carbocycles. The zero-order valence-electron chi connectivity index (χ0n) is 12.0. The fourth-order valence-electron chi connectivity index (χ4n) is 3.15. The molecule has 5 nitrogen and oxygen atoms in total. The standard InChI is InChI=1S/C16H15N3O2S/c1-11-9-12-5-2-3-7-14(12)19(11)22(20,21)15-10-18-16-13(15)6-4-8-17-16/h2-8,10-11H,9H2,1H3,(H,17,18). The van der Waals surface area contributed by atoms with Gasteiger partial charge in [-0.2, -0.15) is 0 Å². The lowest BCUT2D eigenvalue weighted by atomic mass is 10.1. The summed E-state index contributed by atoms with van der Waals surface area (Å²) in [7, 11) is -3.62. The molecule has 0 amide bonds. The van der Waals surface area contributed by atoms with Gasteiger partial charge >= 0.3 is 0 Å². The van der Waals surface area contributed by atoms with E-state index in [9.17, 15) is 8.42 Å². The van der Waals surface area contributed by atoms with E-state index in [1.54, 1.807) is 18.3 Å². The lowest BCUT2D eigenvalue weighted by Crippen LogP contribution is -2.35. The van der Waals surface area contributed by atoms with E-state index in [4.69, 9.17) is 0 Å². The van der Waals surface area contributed by atoms with Crippen LogP contribution in [0.4, 0.5) is 5.69 Å². The number of para-hydroxylation sites is 1. The highest BCUT2D eigenvalue weighted by Crippen LogP contribution is 2.37. The van der Waals surface area contributed by atoms with Gasteiger partial charge in [0.1, 0.15) is 10.5 Å². The summed E-state index contributed by atoms with van der Waals surface area (Å²) in [5, 5.41) is 0.624. The number of benzene rings is 1. The molecule has 1 aliphatic rings. The number of rotatable bonds is 2. The first-order valence-corrected chi connectivity index (χ1v) is 8.57. The minimum atomic E-state index is -3.62. The van der Waals surface area contributed by atoms with Crippen LogP contribution >= 0.6 is 0 Å². The number of aromatic amines is 1. The Morgan fingerprint density at radius 1 is 1.23 bits per heavy atom. The van der Waals surface area contributed by atoms with Gasteiger partial charge < -0.3 is 4.98 Å². The van der Waals surface area contributed by atoms with E-state index in [-0.39, 0.29) is 10.9 Å². The van der Waals surface area contributed by atoms with Crippen molar-refractivity contribution in [3.8, 4) is 0 Å². The number of pyridine rings is 1. The summed E-state index contributed by atoms with van der Waals surface area (Å²) >= 11 is 0. The number of nitrogens with one attached hydrogen (secondary N) is 1. The third-order valence-electron chi connectivity index (χ3n) is 4.09. The molecule has 112 valence electrons. The molecule has 0 spiro atoms. The third-order valence-corrected chi connectivity index (χ3v) is 6.06. The molecule has 6 heteroatoms. The van der Waals surface area contributed by atoms with Crippen molar-refractivity contribution in [3.05, 3.63) is 54.4 Å². The van der Waals surface area contributed by atoms with Crippen LogP contribution < -0.4 is 4.31 Å². The highest BCUT2D eigenvalue weighted by atomic mass is 32.2. The molecule has 0 fully saturated rings. The highest BCUT2D eigenvalue weighted by Gasteiger charge is 2.37. The van der Waals surface area contributed by atoms with E-state index in [2.05, 4.69) is 9.97 Å². The Labute approximate surface area is 128 Å². The van der Waals surface area contributed by atoms with E-state index in [0.717, 1.165) is 17.7 Å². The summed E-state index contributed by atoms with van der Waals surface area (Å²) in [6, 6.07) is 11.1. The van der Waals surface area contributed by atoms with Gasteiger partial charge in [-0.1, -0.05) is 18.2 Å². The summed E-state index contributed by atoms with van der Waals surface area (Å²) in [5.41, 5.74) is 2.42. The first kappa shape index (κ1) is 13.3. The van der Waals surface area contributed by atoms with E-state index in [1.807, 2.05) is 31.2 Å². The summed E-state index contributed by atoms with van der Waals surface area (Å²) in [5.74, 6) is 0. The van der Waals surface area contributed by atoms with Crippen molar-refractivity contribution in [2.75, 3.05) is 4.31 Å². The lowest BCUT2D eigenvalue weighted by Gasteiger charge is -2.24. The van der Waals surface area contributed by atoms with Crippen LogP contribution in [-0.2, 0) is 16.4 Å². The zero-order valence-corrected chi connectivity index (χ0v) is 12.8. The van der Waals surface area contributed by atoms with E-state index < -0.39 is 10.0 Å². The lowest BCUT2D eigenvalue weighted by molar-refractivity contribution is 0.585. The molecule has 0 bridgehead atoms. The maximum absolute atomic E-state index is 13.2. The monoisotopic (exact) mass is 313 g/mol. The van der Waals surface area contributed by atoms with Gasteiger partial charge in [0.15, 0.2) is 0 Å². The summed E-state index contributed by atoms with van der Waals surface area (Å²) < 4.78 is 27.8. The molecule has 3 heterocycles. The number of sulfonamides is 1. The maximum atomic E-state index is 13.2. The second kappa shape index (κ2) is 4.58. The minimum Gasteiger partial charge on any atom is -0.345 e. The summed E-state index contributed by atoms with van der Waals surface area (Å²) in [4.78, 5) is 7.38. The molecule has 1 aliphatic heterocycles. The molecule has 1 N–H and O–H groups in total. The molecule has 0 saturated heterocycles. The van der Waals surface area contributed by atoms with Gasteiger partial charge in [-0.05, 0) is 37.1 Å². The smallest absolute Gasteiger partial charge is 0.266 e. The number of aromatic nitrogens is 2. The normalized spacial score (nSPS) is 17.9. The Bertz CT molecular complexity index is 962. The Morgan fingerprint density at radius 3 is 2.91 bits per heavy atom. The van der Waals surface area contributed by atoms with E-state index in [1.165, 1.54) is 10.5 Å². The van der Waals surface area contributed by atoms with Gasteiger partial charge in [0, 0.05) is 23.8 Å². The van der Waals surface area contributed by atoms with Crippen LogP contribution in [0.3, 0.4) is 0 Å². The average Bonchev–Trinajstić information content (AvgIpc) is 3.07. The van der Waals surface area contributed by atoms with Gasteiger partial charge in [-0.15, -0.1) is 0 Å². The number of hydrogen-bond donors (Lipinski definition) is 1. The number of nitrogens with zero attached hydrogens (tertiary/aromatic N) is 2. The Balaban J connectivity index is 1.92. The van der Waals surface area contributed by atoms with Crippen LogP contribution in [-0.4, -0.2) is 24.4 Å². The van der Waals surface area contributed by atoms with Gasteiger partial charge in [-0.3, -0.25) is 4.31 Å². The fraction of sp³-hybridized carbons (Fsp3) is 0.188. The van der Waals surface area contributed by atoms with Crippen molar-refractivity contribution >= 4 is 26.7 Å². The van der Waals surface area contributed by atoms with Gasteiger partial charge in [0.2, 0.25) is 0 Å². The second-order valence-corrected chi connectivity index (χ2v) is 7.32. The van der Waals surface area contributed by atoms with Crippen molar-refractivity contribution in [1.82, 2.24) is 9.97 Å². The Hall–Kier alpha value is -2.34. The molecule has 22 heavy (non-hydrogen) atoms. The molecule has 2 aromatic heterocycles. The Morgan fingerprint density at radius 2 is 2.05 bits per heavy atom. The van der Waals surface area contributed by atoms with Crippen LogP contribution in [0, 0.1) is 0 Å². The van der Waals surface area contributed by atoms with Crippen LogP contribution in [0.25, 0.3) is 11.0 Å². The predicted octanol–water partition coefficient (Wildman–Crippen LogP) is 2.70. The van der Waals surface area contributed by atoms with Crippen LogP contribution in [0.2, 0.25) is 0 Å². The Kier molecular flexibility index (Phi) is 2.77. The molecule has 0 aliphatic carbocycles.